The van der Waals surface area contributed by atoms with E-state index in [1.165, 1.54) is 0 Å². The third-order valence-corrected chi connectivity index (χ3v) is 4.49. The lowest BCUT2D eigenvalue weighted by Gasteiger charge is -2.53. The Morgan fingerprint density at radius 3 is 2.60 bits per heavy atom. The molecule has 0 bridgehead atoms. The van der Waals surface area contributed by atoms with Crippen LogP contribution in [-0.2, 0) is 4.79 Å². The summed E-state index contributed by atoms with van der Waals surface area (Å²) in [6, 6.07) is 5.74. The van der Waals surface area contributed by atoms with Gasteiger partial charge in [0.2, 0.25) is 0 Å². The summed E-state index contributed by atoms with van der Waals surface area (Å²) >= 11 is 6.10. The highest BCUT2D eigenvalue weighted by molar-refractivity contribution is 6.30. The monoisotopic (exact) mass is 295 g/mol. The van der Waals surface area contributed by atoms with Crippen LogP contribution < -0.4 is 4.90 Å². The minimum Gasteiger partial charge on any atom is -0.480 e. The lowest BCUT2D eigenvalue weighted by Crippen LogP contribution is -2.61. The maximum Gasteiger partial charge on any atom is 0.328 e. The number of hydrogen-bond donors (Lipinski definition) is 1. The molecule has 3 nitrogen and oxygen atoms in total. The van der Waals surface area contributed by atoms with E-state index in [1.807, 2.05) is 23.1 Å². The number of anilines is 1. The average Bonchev–Trinajstić information content (AvgIpc) is 2.28. The fourth-order valence-corrected chi connectivity index (χ4v) is 3.73. The van der Waals surface area contributed by atoms with Crippen LogP contribution in [0.3, 0.4) is 0 Å². The van der Waals surface area contributed by atoms with Gasteiger partial charge in [-0.25, -0.2) is 4.79 Å². The van der Waals surface area contributed by atoms with E-state index in [4.69, 9.17) is 11.6 Å². The minimum absolute atomic E-state index is 0.220. The van der Waals surface area contributed by atoms with Crippen molar-refractivity contribution < 1.29 is 9.90 Å². The molecule has 0 aromatic heterocycles. The number of halogens is 1. The zero-order valence-electron chi connectivity index (χ0n) is 12.7. The second-order valence-corrected chi connectivity index (χ2v) is 7.26. The molecule has 1 unspecified atom stereocenters. The maximum absolute atomic E-state index is 11.7. The quantitative estimate of drug-likeness (QED) is 0.884. The van der Waals surface area contributed by atoms with Crippen molar-refractivity contribution in [2.24, 2.45) is 0 Å². The summed E-state index contributed by atoms with van der Waals surface area (Å²) in [5, 5.41) is 10.3. The van der Waals surface area contributed by atoms with Gasteiger partial charge in [0, 0.05) is 16.2 Å². The summed E-state index contributed by atoms with van der Waals surface area (Å²) in [5.41, 5.74) is 0.922. The van der Waals surface area contributed by atoms with Crippen LogP contribution >= 0.6 is 11.6 Å². The Morgan fingerprint density at radius 1 is 1.45 bits per heavy atom. The van der Waals surface area contributed by atoms with Crippen molar-refractivity contribution in [3.8, 4) is 0 Å². The SMILES string of the molecule is CC1CC(C)(C)N(C(C)(C)C(=O)O)c2ccc(Cl)cc21. The highest BCUT2D eigenvalue weighted by atomic mass is 35.5. The number of carboxylic acid groups (broad SMARTS) is 1. The van der Waals surface area contributed by atoms with E-state index in [0.29, 0.717) is 10.9 Å². The predicted molar refractivity (Wildman–Crippen MR) is 82.8 cm³/mol. The van der Waals surface area contributed by atoms with Gasteiger partial charge in [-0.2, -0.15) is 0 Å². The maximum atomic E-state index is 11.7. The van der Waals surface area contributed by atoms with Gasteiger partial charge < -0.3 is 10.0 Å². The van der Waals surface area contributed by atoms with Crippen LogP contribution in [0.25, 0.3) is 0 Å². The van der Waals surface area contributed by atoms with Crippen molar-refractivity contribution in [3.05, 3.63) is 28.8 Å². The van der Waals surface area contributed by atoms with Crippen molar-refractivity contribution in [3.63, 3.8) is 0 Å². The molecule has 4 heteroatoms. The number of benzene rings is 1. The third-order valence-electron chi connectivity index (χ3n) is 4.25. The average molecular weight is 296 g/mol. The zero-order valence-corrected chi connectivity index (χ0v) is 13.5. The lowest BCUT2D eigenvalue weighted by molar-refractivity contribution is -0.142. The molecule has 0 saturated heterocycles. The Hall–Kier alpha value is -1.22. The van der Waals surface area contributed by atoms with Gasteiger partial charge in [0.25, 0.3) is 0 Å². The molecule has 0 amide bonds. The molecule has 0 fully saturated rings. The van der Waals surface area contributed by atoms with E-state index in [1.54, 1.807) is 13.8 Å². The van der Waals surface area contributed by atoms with Gasteiger partial charge in [-0.1, -0.05) is 18.5 Å². The molecule has 1 aromatic rings. The van der Waals surface area contributed by atoms with E-state index in [9.17, 15) is 9.90 Å². The summed E-state index contributed by atoms with van der Waals surface area (Å²) in [6.45, 7) is 9.89. The van der Waals surface area contributed by atoms with E-state index < -0.39 is 11.5 Å². The summed E-state index contributed by atoms with van der Waals surface area (Å²) in [7, 11) is 0. The van der Waals surface area contributed by atoms with Gasteiger partial charge in [0.15, 0.2) is 0 Å². The fourth-order valence-electron chi connectivity index (χ4n) is 3.55. The number of nitrogens with zero attached hydrogens (tertiary/aromatic N) is 1. The Morgan fingerprint density at radius 2 is 2.05 bits per heavy atom. The first-order chi connectivity index (χ1) is 9.07. The van der Waals surface area contributed by atoms with Crippen LogP contribution in [0.5, 0.6) is 0 Å². The molecule has 0 spiro atoms. The first-order valence-electron chi connectivity index (χ1n) is 6.90. The molecule has 1 atom stereocenters. The van der Waals surface area contributed by atoms with Crippen LogP contribution in [-0.4, -0.2) is 22.2 Å². The van der Waals surface area contributed by atoms with Gasteiger partial charge >= 0.3 is 5.97 Å². The first kappa shape index (κ1) is 15.2. The van der Waals surface area contributed by atoms with E-state index in [-0.39, 0.29) is 5.54 Å². The number of carboxylic acids is 1. The van der Waals surface area contributed by atoms with Crippen LogP contribution in [0.15, 0.2) is 18.2 Å². The smallest absolute Gasteiger partial charge is 0.328 e. The van der Waals surface area contributed by atoms with Gasteiger partial charge in [-0.3, -0.25) is 0 Å². The normalized spacial score (nSPS) is 21.5. The van der Waals surface area contributed by atoms with Crippen LogP contribution in [0, 0.1) is 0 Å². The van der Waals surface area contributed by atoms with Gasteiger partial charge in [-0.15, -0.1) is 0 Å². The van der Waals surface area contributed by atoms with E-state index >= 15 is 0 Å². The molecule has 2 rings (SSSR count). The summed E-state index contributed by atoms with van der Waals surface area (Å²) in [4.78, 5) is 13.7. The number of carbonyl (C=O) groups is 1. The number of aliphatic carboxylic acids is 1. The molecule has 1 N–H and O–H groups in total. The topological polar surface area (TPSA) is 40.5 Å². The number of rotatable bonds is 2. The molecule has 0 radical (unpaired) electrons. The molecule has 1 heterocycles. The molecule has 110 valence electrons. The molecular weight excluding hydrogens is 274 g/mol. The lowest BCUT2D eigenvalue weighted by atomic mass is 9.77. The van der Waals surface area contributed by atoms with Gasteiger partial charge in [-0.05, 0) is 63.8 Å². The van der Waals surface area contributed by atoms with Gasteiger partial charge in [0.05, 0.1) is 0 Å². The number of fused-ring (bicyclic) bond motifs is 1. The largest absolute Gasteiger partial charge is 0.480 e. The van der Waals surface area contributed by atoms with Crippen molar-refractivity contribution in [2.75, 3.05) is 4.90 Å². The van der Waals surface area contributed by atoms with Crippen LogP contribution in [0.2, 0.25) is 5.02 Å². The van der Waals surface area contributed by atoms with Crippen molar-refractivity contribution in [1.29, 1.82) is 0 Å². The second-order valence-electron chi connectivity index (χ2n) is 6.82. The fraction of sp³-hybridized carbons (Fsp3) is 0.562. The van der Waals surface area contributed by atoms with Crippen LogP contribution in [0.1, 0.15) is 52.5 Å². The van der Waals surface area contributed by atoms with Crippen molar-refractivity contribution in [2.45, 2.75) is 58.0 Å². The third kappa shape index (κ3) is 2.28. The number of hydrogen-bond acceptors (Lipinski definition) is 2. The Balaban J connectivity index is 2.66. The molecule has 1 aromatic carbocycles. The summed E-state index contributed by atoms with van der Waals surface area (Å²) in [6.07, 6.45) is 0.900. The first-order valence-corrected chi connectivity index (χ1v) is 7.28. The molecule has 20 heavy (non-hydrogen) atoms. The minimum atomic E-state index is -0.966. The Kier molecular flexibility index (Phi) is 3.53. The van der Waals surface area contributed by atoms with Crippen LogP contribution in [0.4, 0.5) is 5.69 Å². The van der Waals surface area contributed by atoms with Crippen molar-refractivity contribution in [1.82, 2.24) is 0 Å². The highest BCUT2D eigenvalue weighted by Gasteiger charge is 2.47. The summed E-state index contributed by atoms with van der Waals surface area (Å²) < 4.78 is 0. The van der Waals surface area contributed by atoms with Gasteiger partial charge in [0.1, 0.15) is 5.54 Å². The zero-order chi connectivity index (χ0) is 15.3. The second kappa shape index (κ2) is 4.66. The summed E-state index contributed by atoms with van der Waals surface area (Å²) in [5.74, 6) is -0.458. The van der Waals surface area contributed by atoms with E-state index in [0.717, 1.165) is 17.7 Å². The predicted octanol–water partition coefficient (Wildman–Crippen LogP) is 4.30. The Bertz CT molecular complexity index is 551. The Labute approximate surface area is 125 Å². The van der Waals surface area contributed by atoms with Crippen molar-refractivity contribution >= 4 is 23.3 Å². The standard InChI is InChI=1S/C16H22ClNO2/c1-10-9-15(2,3)18(16(4,5)14(19)20)13-7-6-11(17)8-12(10)13/h6-8,10H,9H2,1-5H3,(H,19,20). The highest BCUT2D eigenvalue weighted by Crippen LogP contribution is 2.47. The molecule has 0 aliphatic carbocycles. The molecule has 1 aliphatic heterocycles. The molecular formula is C16H22ClNO2. The molecule has 0 saturated carbocycles. The molecule has 1 aliphatic rings. The van der Waals surface area contributed by atoms with E-state index in [2.05, 4.69) is 20.8 Å².